The molecule has 2 aromatic rings. The number of benzene rings is 1. The van der Waals surface area contributed by atoms with Crippen LogP contribution in [0, 0.1) is 5.92 Å². The van der Waals surface area contributed by atoms with E-state index in [9.17, 15) is 8.42 Å². The first kappa shape index (κ1) is 21.6. The summed E-state index contributed by atoms with van der Waals surface area (Å²) in [4.78, 5) is 7.04. The summed E-state index contributed by atoms with van der Waals surface area (Å²) in [5, 5.41) is 4.11. The first-order valence-corrected chi connectivity index (χ1v) is 12.0. The summed E-state index contributed by atoms with van der Waals surface area (Å²) >= 11 is 0. The van der Waals surface area contributed by atoms with Crippen LogP contribution in [-0.4, -0.2) is 44.5 Å². The molecule has 1 aliphatic heterocycles. The molecule has 3 rings (SSSR count). The van der Waals surface area contributed by atoms with Crippen LogP contribution < -0.4 is 9.64 Å². The van der Waals surface area contributed by atoms with E-state index in [4.69, 9.17) is 9.26 Å². The number of piperidine rings is 1. The minimum absolute atomic E-state index is 0.106. The summed E-state index contributed by atoms with van der Waals surface area (Å²) in [5.74, 6) is 2.13. The van der Waals surface area contributed by atoms with E-state index in [1.165, 1.54) is 6.26 Å². The van der Waals surface area contributed by atoms with Crippen LogP contribution in [0.15, 0.2) is 33.7 Å². The highest BCUT2D eigenvalue weighted by molar-refractivity contribution is 7.90. The van der Waals surface area contributed by atoms with Gasteiger partial charge in [-0.15, -0.1) is 0 Å². The van der Waals surface area contributed by atoms with Crippen molar-refractivity contribution in [3.05, 3.63) is 30.1 Å². The van der Waals surface area contributed by atoms with Crippen molar-refractivity contribution in [1.29, 1.82) is 0 Å². The third-order valence-electron chi connectivity index (χ3n) is 5.25. The van der Waals surface area contributed by atoms with Crippen LogP contribution >= 0.6 is 0 Å². The van der Waals surface area contributed by atoms with Crippen LogP contribution in [0.3, 0.4) is 0 Å². The number of sulfone groups is 1. The van der Waals surface area contributed by atoms with Gasteiger partial charge >= 0.3 is 6.01 Å². The highest BCUT2D eigenvalue weighted by Crippen LogP contribution is 2.27. The van der Waals surface area contributed by atoms with Crippen LogP contribution in [0.5, 0.6) is 5.75 Å². The molecule has 1 aromatic heterocycles. The molecule has 0 saturated carbocycles. The molecule has 2 heterocycles. The molecule has 0 aliphatic carbocycles. The molecule has 0 N–H and O–H groups in total. The Labute approximate surface area is 173 Å². The van der Waals surface area contributed by atoms with Crippen molar-refractivity contribution in [1.82, 2.24) is 10.1 Å². The molecule has 0 amide bonds. The van der Waals surface area contributed by atoms with E-state index in [0.29, 0.717) is 29.2 Å². The van der Waals surface area contributed by atoms with Crippen LogP contribution in [0.25, 0.3) is 0 Å². The molecule has 29 heavy (non-hydrogen) atoms. The number of anilines is 1. The maximum absolute atomic E-state index is 11.5. The normalized spacial score (nSPS) is 16.2. The zero-order valence-electron chi connectivity index (χ0n) is 17.7. The predicted molar refractivity (Wildman–Crippen MR) is 112 cm³/mol. The van der Waals surface area contributed by atoms with Crippen molar-refractivity contribution < 1.29 is 17.7 Å². The Kier molecular flexibility index (Phi) is 6.51. The van der Waals surface area contributed by atoms with E-state index >= 15 is 0 Å². The van der Waals surface area contributed by atoms with Crippen molar-refractivity contribution in [2.24, 2.45) is 5.92 Å². The molecule has 0 atom stereocenters. The lowest BCUT2D eigenvalue weighted by Gasteiger charge is -2.30. The Balaban J connectivity index is 1.37. The number of rotatable bonds is 7. The highest BCUT2D eigenvalue weighted by atomic mass is 32.2. The van der Waals surface area contributed by atoms with Crippen molar-refractivity contribution in [3.8, 4) is 5.75 Å². The third-order valence-corrected chi connectivity index (χ3v) is 6.38. The van der Waals surface area contributed by atoms with Gasteiger partial charge in [-0.2, -0.15) is 4.98 Å². The fraction of sp³-hybridized carbons (Fsp3) is 0.619. The van der Waals surface area contributed by atoms with Gasteiger partial charge in [-0.05, 0) is 55.9 Å². The summed E-state index contributed by atoms with van der Waals surface area (Å²) in [6.07, 6.45) is 5.52. The lowest BCUT2D eigenvalue weighted by atomic mass is 9.92. The number of aromatic nitrogens is 2. The Hall–Kier alpha value is -2.09. The first-order valence-electron chi connectivity index (χ1n) is 10.1. The van der Waals surface area contributed by atoms with Gasteiger partial charge in [-0.3, -0.25) is 0 Å². The summed E-state index contributed by atoms with van der Waals surface area (Å²) in [6, 6.07) is 7.23. The smallest absolute Gasteiger partial charge is 0.324 e. The minimum atomic E-state index is -3.16. The first-order chi connectivity index (χ1) is 13.6. The molecule has 1 fully saturated rings. The van der Waals surface area contributed by atoms with E-state index in [1.54, 1.807) is 24.3 Å². The van der Waals surface area contributed by atoms with Crippen molar-refractivity contribution in [2.45, 2.75) is 56.8 Å². The largest absolute Gasteiger partial charge is 0.494 e. The van der Waals surface area contributed by atoms with Gasteiger partial charge in [0.05, 0.1) is 11.5 Å². The molecule has 0 unspecified atom stereocenters. The summed E-state index contributed by atoms with van der Waals surface area (Å²) in [5.41, 5.74) is -0.106. The second-order valence-corrected chi connectivity index (χ2v) is 10.8. The average Bonchev–Trinajstić information content (AvgIpc) is 3.16. The Morgan fingerprint density at radius 1 is 1.17 bits per heavy atom. The molecular weight excluding hydrogens is 390 g/mol. The zero-order chi connectivity index (χ0) is 21.1. The molecular formula is C21H31N3O4S. The standard InChI is InChI=1S/C21H31N3O4S/c1-21(2,3)19-22-20(28-23-19)24-13-11-16(12-14-24)6-5-15-27-17-7-9-18(10-8-17)29(4,25)26/h7-10,16H,5-6,11-15H2,1-4H3. The molecule has 1 aliphatic rings. The van der Waals surface area contributed by atoms with Gasteiger partial charge in [0.2, 0.25) is 0 Å². The van der Waals surface area contributed by atoms with Gasteiger partial charge in [0.1, 0.15) is 5.75 Å². The maximum Gasteiger partial charge on any atom is 0.324 e. The number of hydrogen-bond donors (Lipinski definition) is 0. The van der Waals surface area contributed by atoms with Gasteiger partial charge < -0.3 is 14.2 Å². The number of nitrogens with zero attached hydrogens (tertiary/aromatic N) is 3. The van der Waals surface area contributed by atoms with E-state index in [1.807, 2.05) is 0 Å². The second kappa shape index (κ2) is 8.73. The van der Waals surface area contributed by atoms with Gasteiger partial charge in [-0.25, -0.2) is 8.42 Å². The minimum Gasteiger partial charge on any atom is -0.494 e. The maximum atomic E-state index is 11.5. The lowest BCUT2D eigenvalue weighted by molar-refractivity contribution is 0.276. The quantitative estimate of drug-likeness (QED) is 0.628. The number of hydrogen-bond acceptors (Lipinski definition) is 7. The van der Waals surface area contributed by atoms with Crippen LogP contribution in [0.2, 0.25) is 0 Å². The van der Waals surface area contributed by atoms with Crippen LogP contribution in [-0.2, 0) is 15.3 Å². The summed E-state index contributed by atoms with van der Waals surface area (Å²) in [6.45, 7) is 8.74. The Bertz CT molecular complexity index is 893. The Morgan fingerprint density at radius 3 is 2.38 bits per heavy atom. The average molecular weight is 422 g/mol. The molecule has 160 valence electrons. The zero-order valence-corrected chi connectivity index (χ0v) is 18.5. The molecule has 1 aromatic carbocycles. The summed E-state index contributed by atoms with van der Waals surface area (Å²) < 4.78 is 34.2. The molecule has 0 spiro atoms. The Morgan fingerprint density at radius 2 is 1.83 bits per heavy atom. The molecule has 0 bridgehead atoms. The van der Waals surface area contributed by atoms with Crippen molar-refractivity contribution >= 4 is 15.9 Å². The highest BCUT2D eigenvalue weighted by Gasteiger charge is 2.26. The van der Waals surface area contributed by atoms with Crippen LogP contribution in [0.4, 0.5) is 6.01 Å². The fourth-order valence-corrected chi connectivity index (χ4v) is 4.04. The monoisotopic (exact) mass is 421 g/mol. The van der Waals surface area contributed by atoms with Gasteiger partial charge in [-0.1, -0.05) is 25.9 Å². The predicted octanol–water partition coefficient (Wildman–Crippen LogP) is 3.85. The van der Waals surface area contributed by atoms with Crippen molar-refractivity contribution in [2.75, 3.05) is 30.9 Å². The van der Waals surface area contributed by atoms with Gasteiger partial charge in [0.25, 0.3) is 0 Å². The van der Waals surface area contributed by atoms with Crippen molar-refractivity contribution in [3.63, 3.8) is 0 Å². The lowest BCUT2D eigenvalue weighted by Crippen LogP contribution is -2.34. The summed E-state index contributed by atoms with van der Waals surface area (Å²) in [7, 11) is -3.16. The van der Waals surface area contributed by atoms with Gasteiger partial charge in [0.15, 0.2) is 15.7 Å². The van der Waals surface area contributed by atoms with Crippen LogP contribution in [0.1, 0.15) is 52.3 Å². The molecule has 0 radical (unpaired) electrons. The topological polar surface area (TPSA) is 85.5 Å². The van der Waals surface area contributed by atoms with Gasteiger partial charge in [0, 0.05) is 24.8 Å². The van der Waals surface area contributed by atoms with E-state index in [-0.39, 0.29) is 5.41 Å². The fourth-order valence-electron chi connectivity index (χ4n) is 3.41. The third kappa shape index (κ3) is 5.95. The molecule has 8 heteroatoms. The van der Waals surface area contributed by atoms with E-state index in [2.05, 4.69) is 35.8 Å². The van der Waals surface area contributed by atoms with E-state index in [0.717, 1.165) is 44.6 Å². The SMILES string of the molecule is CC(C)(C)c1noc(N2CCC(CCCOc3ccc(S(C)(=O)=O)cc3)CC2)n1. The second-order valence-electron chi connectivity index (χ2n) is 8.82. The number of ether oxygens (including phenoxy) is 1. The molecule has 7 nitrogen and oxygen atoms in total. The molecule has 1 saturated heterocycles. The van der Waals surface area contributed by atoms with E-state index < -0.39 is 9.84 Å².